The molecule has 24 heavy (non-hydrogen) atoms. The summed E-state index contributed by atoms with van der Waals surface area (Å²) < 4.78 is 10.7. The van der Waals surface area contributed by atoms with Crippen LogP contribution in [0.25, 0.3) is 0 Å². The molecule has 0 spiro atoms. The minimum atomic E-state index is -0.681. The van der Waals surface area contributed by atoms with Crippen molar-refractivity contribution in [2.75, 3.05) is 13.7 Å². The lowest BCUT2D eigenvalue weighted by Crippen LogP contribution is -2.29. The summed E-state index contributed by atoms with van der Waals surface area (Å²) in [6, 6.07) is 16.4. The Labute approximate surface area is 141 Å². The maximum Gasteiger partial charge on any atom is 0.254 e. The van der Waals surface area contributed by atoms with Gasteiger partial charge in [0.1, 0.15) is 5.75 Å². The highest BCUT2D eigenvalue weighted by atomic mass is 16.5. The van der Waals surface area contributed by atoms with Gasteiger partial charge in [-0.1, -0.05) is 24.3 Å². The second-order valence-electron chi connectivity index (χ2n) is 5.14. The van der Waals surface area contributed by atoms with Crippen LogP contribution in [0.3, 0.4) is 0 Å². The van der Waals surface area contributed by atoms with Gasteiger partial charge in [0, 0.05) is 13.7 Å². The molecule has 0 aliphatic carbocycles. The maximum atomic E-state index is 12.4. The molecule has 124 valence electrons. The first-order valence-electron chi connectivity index (χ1n) is 7.70. The van der Waals surface area contributed by atoms with Crippen LogP contribution in [0.15, 0.2) is 48.5 Å². The Morgan fingerprint density at radius 1 is 1.17 bits per heavy atom. The molecule has 0 aliphatic rings. The van der Waals surface area contributed by atoms with E-state index < -0.39 is 6.10 Å². The molecule has 5 nitrogen and oxygen atoms in total. The highest BCUT2D eigenvalue weighted by molar-refractivity contribution is 5.82. The van der Waals surface area contributed by atoms with E-state index in [9.17, 15) is 4.79 Å². The molecule has 0 saturated heterocycles. The molecule has 0 aliphatic heterocycles. The highest BCUT2D eigenvalue weighted by Gasteiger charge is 2.19. The fourth-order valence-electron chi connectivity index (χ4n) is 2.28. The van der Waals surface area contributed by atoms with Gasteiger partial charge in [-0.15, -0.1) is 0 Å². The van der Waals surface area contributed by atoms with Gasteiger partial charge in [0.2, 0.25) is 0 Å². The second-order valence-corrected chi connectivity index (χ2v) is 5.14. The second kappa shape index (κ2) is 8.70. The van der Waals surface area contributed by atoms with Crippen molar-refractivity contribution in [3.63, 3.8) is 0 Å². The number of methoxy groups -OCH3 is 1. The van der Waals surface area contributed by atoms with Crippen LogP contribution >= 0.6 is 0 Å². The van der Waals surface area contributed by atoms with Crippen LogP contribution in [0.5, 0.6) is 5.75 Å². The number of benzene rings is 2. The van der Waals surface area contributed by atoms with Gasteiger partial charge in [0.25, 0.3) is 5.91 Å². The summed E-state index contributed by atoms with van der Waals surface area (Å²) in [5.41, 5.74) is 2.27. The van der Waals surface area contributed by atoms with E-state index in [1.54, 1.807) is 12.1 Å². The van der Waals surface area contributed by atoms with Crippen LogP contribution in [0.2, 0.25) is 0 Å². The Hall–Kier alpha value is -2.84. The monoisotopic (exact) mass is 324 g/mol. The Morgan fingerprint density at radius 2 is 1.83 bits per heavy atom. The van der Waals surface area contributed by atoms with Crippen molar-refractivity contribution in [1.82, 2.24) is 5.32 Å². The van der Waals surface area contributed by atoms with Gasteiger partial charge in [-0.05, 0) is 42.3 Å². The van der Waals surface area contributed by atoms with Crippen molar-refractivity contribution < 1.29 is 14.3 Å². The first-order valence-corrected chi connectivity index (χ1v) is 7.70. The molecule has 1 N–H and O–H groups in total. The Bertz CT molecular complexity index is 703. The van der Waals surface area contributed by atoms with Gasteiger partial charge in [0.15, 0.2) is 6.10 Å². The van der Waals surface area contributed by atoms with Gasteiger partial charge in [-0.25, -0.2) is 0 Å². The van der Waals surface area contributed by atoms with Crippen LogP contribution < -0.4 is 10.1 Å². The molecular weight excluding hydrogens is 304 g/mol. The molecule has 0 bridgehead atoms. The van der Waals surface area contributed by atoms with Gasteiger partial charge >= 0.3 is 0 Å². The van der Waals surface area contributed by atoms with Crippen molar-refractivity contribution in [2.24, 2.45) is 0 Å². The molecule has 0 heterocycles. The van der Waals surface area contributed by atoms with Crippen LogP contribution in [-0.4, -0.2) is 19.6 Å². The predicted molar refractivity (Wildman–Crippen MR) is 90.4 cm³/mol. The van der Waals surface area contributed by atoms with E-state index in [4.69, 9.17) is 14.7 Å². The SMILES string of the molecule is CCOc1ccc([C@H](OC)C(=O)NCc2ccc(C#N)cc2)cc1. The third-order valence-corrected chi connectivity index (χ3v) is 3.52. The molecule has 0 aromatic heterocycles. The molecule has 0 unspecified atom stereocenters. The number of carbonyl (C=O) groups excluding carboxylic acids is 1. The van der Waals surface area contributed by atoms with E-state index in [1.807, 2.05) is 43.3 Å². The van der Waals surface area contributed by atoms with Crippen molar-refractivity contribution in [3.8, 4) is 11.8 Å². The van der Waals surface area contributed by atoms with E-state index >= 15 is 0 Å². The van der Waals surface area contributed by atoms with Crippen LogP contribution in [-0.2, 0) is 16.1 Å². The number of rotatable bonds is 7. The zero-order valence-corrected chi connectivity index (χ0v) is 13.8. The van der Waals surface area contributed by atoms with Crippen molar-refractivity contribution in [3.05, 3.63) is 65.2 Å². The number of nitrogens with one attached hydrogen (secondary N) is 1. The normalized spacial score (nSPS) is 11.4. The van der Waals surface area contributed by atoms with Crippen molar-refractivity contribution in [1.29, 1.82) is 5.26 Å². The summed E-state index contributed by atoms with van der Waals surface area (Å²) in [6.45, 7) is 2.89. The number of amides is 1. The Morgan fingerprint density at radius 3 is 2.38 bits per heavy atom. The largest absolute Gasteiger partial charge is 0.494 e. The fourth-order valence-corrected chi connectivity index (χ4v) is 2.28. The lowest BCUT2D eigenvalue weighted by molar-refractivity contribution is -0.131. The lowest BCUT2D eigenvalue weighted by atomic mass is 10.1. The standard InChI is InChI=1S/C19H20N2O3/c1-3-24-17-10-8-16(9-11-17)18(23-2)19(22)21-13-15-6-4-14(12-20)5-7-15/h4-11,18H,3,13H2,1-2H3,(H,21,22)/t18-/m0/s1. The zero-order valence-electron chi connectivity index (χ0n) is 13.8. The number of carbonyl (C=O) groups is 1. The smallest absolute Gasteiger partial charge is 0.254 e. The Balaban J connectivity index is 1.98. The minimum absolute atomic E-state index is 0.217. The van der Waals surface area contributed by atoms with E-state index in [-0.39, 0.29) is 5.91 Å². The fraction of sp³-hybridized carbons (Fsp3) is 0.263. The third-order valence-electron chi connectivity index (χ3n) is 3.52. The minimum Gasteiger partial charge on any atom is -0.494 e. The highest BCUT2D eigenvalue weighted by Crippen LogP contribution is 2.20. The summed E-state index contributed by atoms with van der Waals surface area (Å²) in [5, 5.41) is 11.6. The predicted octanol–water partition coefficient (Wildman–Crippen LogP) is 2.96. The summed E-state index contributed by atoms with van der Waals surface area (Å²) in [7, 11) is 1.50. The summed E-state index contributed by atoms with van der Waals surface area (Å²) in [4.78, 5) is 12.4. The topological polar surface area (TPSA) is 71.3 Å². The quantitative estimate of drug-likeness (QED) is 0.850. The number of hydrogen-bond donors (Lipinski definition) is 1. The first-order chi connectivity index (χ1) is 11.7. The summed E-state index contributed by atoms with van der Waals surface area (Å²) in [6.07, 6.45) is -0.681. The Kier molecular flexibility index (Phi) is 6.35. The molecule has 0 fully saturated rings. The summed E-state index contributed by atoms with van der Waals surface area (Å²) in [5.74, 6) is 0.542. The first kappa shape index (κ1) is 17.5. The number of ether oxygens (including phenoxy) is 2. The van der Waals surface area contributed by atoms with Gasteiger partial charge in [0.05, 0.1) is 18.2 Å². The molecule has 1 atom stereocenters. The van der Waals surface area contributed by atoms with Crippen LogP contribution in [0.1, 0.15) is 29.7 Å². The number of hydrogen-bond acceptors (Lipinski definition) is 4. The molecule has 1 amide bonds. The molecule has 0 radical (unpaired) electrons. The van der Waals surface area contributed by atoms with E-state index in [0.29, 0.717) is 18.7 Å². The molecule has 2 aromatic carbocycles. The molecule has 0 saturated carbocycles. The average Bonchev–Trinajstić information content (AvgIpc) is 2.62. The van der Waals surface area contributed by atoms with E-state index in [0.717, 1.165) is 16.9 Å². The van der Waals surface area contributed by atoms with Gasteiger partial charge in [-0.2, -0.15) is 5.26 Å². The number of nitrogens with zero attached hydrogens (tertiary/aromatic N) is 1. The van der Waals surface area contributed by atoms with Crippen molar-refractivity contribution >= 4 is 5.91 Å². The molecule has 5 heteroatoms. The van der Waals surface area contributed by atoms with E-state index in [2.05, 4.69) is 11.4 Å². The summed E-state index contributed by atoms with van der Waals surface area (Å²) >= 11 is 0. The maximum absolute atomic E-state index is 12.4. The molecular formula is C19H20N2O3. The molecule has 2 rings (SSSR count). The van der Waals surface area contributed by atoms with Crippen LogP contribution in [0.4, 0.5) is 0 Å². The third kappa shape index (κ3) is 4.58. The lowest BCUT2D eigenvalue weighted by Gasteiger charge is -2.16. The van der Waals surface area contributed by atoms with E-state index in [1.165, 1.54) is 7.11 Å². The van der Waals surface area contributed by atoms with Crippen LogP contribution in [0, 0.1) is 11.3 Å². The molecule has 2 aromatic rings. The number of nitriles is 1. The average molecular weight is 324 g/mol. The van der Waals surface area contributed by atoms with Gasteiger partial charge in [-0.3, -0.25) is 4.79 Å². The zero-order chi connectivity index (χ0) is 17.4. The van der Waals surface area contributed by atoms with Gasteiger partial charge < -0.3 is 14.8 Å². The van der Waals surface area contributed by atoms with Crippen molar-refractivity contribution in [2.45, 2.75) is 19.6 Å².